The molecule has 0 saturated carbocycles. The quantitative estimate of drug-likeness (QED) is 0.440. The lowest BCUT2D eigenvalue weighted by atomic mass is 10.3. The first kappa shape index (κ1) is 17.8. The highest BCUT2D eigenvalue weighted by Gasteiger charge is 2.27. The molecule has 0 heterocycles. The first-order valence-electron chi connectivity index (χ1n) is 5.63. The second-order valence-corrected chi connectivity index (χ2v) is 3.79. The standard InChI is InChI=1S/C11H16O9/c1-5(9(14)15)19-11(17)7(3)20-10(16)6(2)18-8(13)4-12/h5-7,12H,4H2,1-3H3,(H,14,15). The number of rotatable bonds is 7. The number of hydrogen-bond acceptors (Lipinski definition) is 8. The number of aliphatic hydroxyl groups excluding tert-OH is 1. The molecular weight excluding hydrogens is 276 g/mol. The van der Waals surface area contributed by atoms with Crippen LogP contribution in [0.3, 0.4) is 0 Å². The van der Waals surface area contributed by atoms with Gasteiger partial charge in [0.15, 0.2) is 18.3 Å². The van der Waals surface area contributed by atoms with Gasteiger partial charge in [0, 0.05) is 0 Å². The van der Waals surface area contributed by atoms with E-state index in [2.05, 4.69) is 14.2 Å². The zero-order valence-corrected chi connectivity index (χ0v) is 11.2. The third-order valence-corrected chi connectivity index (χ3v) is 2.03. The Labute approximate surface area is 114 Å². The maximum absolute atomic E-state index is 11.4. The molecular formula is C11H16O9. The fourth-order valence-corrected chi connectivity index (χ4v) is 0.921. The molecule has 0 aromatic rings. The van der Waals surface area contributed by atoms with E-state index >= 15 is 0 Å². The number of aliphatic hydroxyl groups is 1. The number of esters is 3. The van der Waals surface area contributed by atoms with E-state index in [1.54, 1.807) is 0 Å². The van der Waals surface area contributed by atoms with Gasteiger partial charge in [0.2, 0.25) is 0 Å². The van der Waals surface area contributed by atoms with Gasteiger partial charge in [0.1, 0.15) is 6.61 Å². The van der Waals surface area contributed by atoms with E-state index in [9.17, 15) is 19.2 Å². The molecule has 0 bridgehead atoms. The van der Waals surface area contributed by atoms with Crippen LogP contribution in [0.2, 0.25) is 0 Å². The molecule has 2 N–H and O–H groups in total. The number of carbonyl (C=O) groups is 4. The van der Waals surface area contributed by atoms with Gasteiger partial charge in [0.25, 0.3) is 0 Å². The monoisotopic (exact) mass is 292 g/mol. The Hall–Kier alpha value is -2.16. The average Bonchev–Trinajstić information content (AvgIpc) is 2.37. The summed E-state index contributed by atoms with van der Waals surface area (Å²) in [5.41, 5.74) is 0. The fraction of sp³-hybridized carbons (Fsp3) is 0.636. The van der Waals surface area contributed by atoms with Gasteiger partial charge in [0.05, 0.1) is 0 Å². The first-order valence-corrected chi connectivity index (χ1v) is 5.63. The lowest BCUT2D eigenvalue weighted by Crippen LogP contribution is -2.35. The van der Waals surface area contributed by atoms with Gasteiger partial charge in [-0.3, -0.25) is 0 Å². The molecule has 20 heavy (non-hydrogen) atoms. The van der Waals surface area contributed by atoms with Crippen molar-refractivity contribution in [1.82, 2.24) is 0 Å². The number of carbonyl (C=O) groups excluding carboxylic acids is 3. The van der Waals surface area contributed by atoms with Crippen molar-refractivity contribution in [2.45, 2.75) is 39.1 Å². The smallest absolute Gasteiger partial charge is 0.347 e. The number of hydrogen-bond donors (Lipinski definition) is 2. The van der Waals surface area contributed by atoms with Crippen LogP contribution in [0.4, 0.5) is 0 Å². The SMILES string of the molecule is CC(OC(=O)C(C)OC(=O)C(C)OC(=O)CO)C(=O)O. The van der Waals surface area contributed by atoms with Gasteiger partial charge in [-0.1, -0.05) is 0 Å². The third kappa shape index (κ3) is 6.14. The summed E-state index contributed by atoms with van der Waals surface area (Å²) in [6.07, 6.45) is -4.06. The predicted molar refractivity (Wildman–Crippen MR) is 61.4 cm³/mol. The minimum absolute atomic E-state index is 0.897. The Bertz CT molecular complexity index is 389. The predicted octanol–water partition coefficient (Wildman–Crippen LogP) is -1.14. The van der Waals surface area contributed by atoms with Crippen molar-refractivity contribution in [2.75, 3.05) is 6.61 Å². The molecule has 0 aliphatic heterocycles. The van der Waals surface area contributed by atoms with Gasteiger partial charge in [-0.2, -0.15) is 0 Å². The molecule has 9 nitrogen and oxygen atoms in total. The summed E-state index contributed by atoms with van der Waals surface area (Å²) in [5.74, 6) is -4.44. The number of ether oxygens (including phenoxy) is 3. The lowest BCUT2D eigenvalue weighted by molar-refractivity contribution is -0.181. The largest absolute Gasteiger partial charge is 0.479 e. The molecule has 0 aliphatic carbocycles. The summed E-state index contributed by atoms with van der Waals surface area (Å²) in [6.45, 7) is 2.61. The number of carboxylic acid groups (broad SMARTS) is 1. The normalized spacial score (nSPS) is 14.6. The molecule has 0 fully saturated rings. The second kappa shape index (κ2) is 8.10. The summed E-state index contributed by atoms with van der Waals surface area (Å²) in [7, 11) is 0. The van der Waals surface area contributed by atoms with Crippen LogP contribution in [0.15, 0.2) is 0 Å². The summed E-state index contributed by atoms with van der Waals surface area (Å²) in [6, 6.07) is 0. The second-order valence-electron chi connectivity index (χ2n) is 3.79. The van der Waals surface area contributed by atoms with E-state index in [4.69, 9.17) is 10.2 Å². The van der Waals surface area contributed by atoms with E-state index in [-0.39, 0.29) is 0 Å². The maximum Gasteiger partial charge on any atom is 0.347 e. The summed E-state index contributed by atoms with van der Waals surface area (Å²) >= 11 is 0. The van der Waals surface area contributed by atoms with Crippen molar-refractivity contribution < 1.29 is 43.6 Å². The van der Waals surface area contributed by atoms with Gasteiger partial charge in [-0.25, -0.2) is 19.2 Å². The van der Waals surface area contributed by atoms with Crippen molar-refractivity contribution in [3.63, 3.8) is 0 Å². The van der Waals surface area contributed by atoms with Crippen LogP contribution in [-0.2, 0) is 33.4 Å². The Morgan fingerprint density at radius 2 is 1.25 bits per heavy atom. The van der Waals surface area contributed by atoms with E-state index in [0.717, 1.165) is 6.92 Å². The van der Waals surface area contributed by atoms with Crippen LogP contribution in [0, 0.1) is 0 Å². The Morgan fingerprint density at radius 3 is 1.65 bits per heavy atom. The summed E-state index contributed by atoms with van der Waals surface area (Å²) in [4.78, 5) is 44.0. The van der Waals surface area contributed by atoms with Crippen molar-refractivity contribution in [1.29, 1.82) is 0 Å². The van der Waals surface area contributed by atoms with Crippen molar-refractivity contribution >= 4 is 23.9 Å². The van der Waals surface area contributed by atoms with Crippen molar-refractivity contribution in [3.8, 4) is 0 Å². The molecule has 3 atom stereocenters. The third-order valence-electron chi connectivity index (χ3n) is 2.03. The average molecular weight is 292 g/mol. The van der Waals surface area contributed by atoms with Crippen LogP contribution in [0.5, 0.6) is 0 Å². The highest BCUT2D eigenvalue weighted by Crippen LogP contribution is 2.03. The Balaban J connectivity index is 4.34. The van der Waals surface area contributed by atoms with Crippen LogP contribution >= 0.6 is 0 Å². The van der Waals surface area contributed by atoms with Crippen LogP contribution in [0.25, 0.3) is 0 Å². The van der Waals surface area contributed by atoms with Crippen LogP contribution in [0.1, 0.15) is 20.8 Å². The molecule has 0 rings (SSSR count). The van der Waals surface area contributed by atoms with Crippen LogP contribution in [-0.4, -0.2) is 59.0 Å². The van der Waals surface area contributed by atoms with Crippen molar-refractivity contribution in [3.05, 3.63) is 0 Å². The molecule has 0 aromatic heterocycles. The van der Waals surface area contributed by atoms with Gasteiger partial charge in [-0.15, -0.1) is 0 Å². The minimum atomic E-state index is -1.38. The minimum Gasteiger partial charge on any atom is -0.479 e. The highest BCUT2D eigenvalue weighted by atomic mass is 16.6. The van der Waals surface area contributed by atoms with E-state index in [0.29, 0.717) is 0 Å². The van der Waals surface area contributed by atoms with Gasteiger partial charge in [-0.05, 0) is 20.8 Å². The maximum atomic E-state index is 11.4. The molecule has 114 valence electrons. The number of carboxylic acids is 1. The number of aliphatic carboxylic acids is 1. The molecule has 9 heteroatoms. The van der Waals surface area contributed by atoms with Crippen LogP contribution < -0.4 is 0 Å². The summed E-state index contributed by atoms with van der Waals surface area (Å²) in [5, 5.41) is 17.0. The molecule has 0 aromatic carbocycles. The first-order chi connectivity index (χ1) is 9.18. The lowest BCUT2D eigenvalue weighted by Gasteiger charge is -2.17. The molecule has 0 amide bonds. The topological polar surface area (TPSA) is 136 Å². The van der Waals surface area contributed by atoms with E-state index in [1.807, 2.05) is 0 Å². The van der Waals surface area contributed by atoms with Gasteiger partial charge < -0.3 is 24.4 Å². The Kier molecular flexibility index (Phi) is 7.22. The Morgan fingerprint density at radius 1 is 0.850 bits per heavy atom. The van der Waals surface area contributed by atoms with E-state index in [1.165, 1.54) is 13.8 Å². The fourth-order valence-electron chi connectivity index (χ4n) is 0.921. The molecule has 0 radical (unpaired) electrons. The van der Waals surface area contributed by atoms with E-state index < -0.39 is 48.8 Å². The summed E-state index contributed by atoms with van der Waals surface area (Å²) < 4.78 is 13.6. The molecule has 3 unspecified atom stereocenters. The molecule has 0 saturated heterocycles. The van der Waals surface area contributed by atoms with Gasteiger partial charge >= 0.3 is 23.9 Å². The highest BCUT2D eigenvalue weighted by molar-refractivity contribution is 5.84. The molecule has 0 spiro atoms. The zero-order valence-electron chi connectivity index (χ0n) is 11.2. The molecule has 0 aliphatic rings. The van der Waals surface area contributed by atoms with Crippen molar-refractivity contribution in [2.24, 2.45) is 0 Å². The zero-order chi connectivity index (χ0) is 15.9.